The molecule has 22 heavy (non-hydrogen) atoms. The summed E-state index contributed by atoms with van der Waals surface area (Å²) in [5, 5.41) is 21.3. The van der Waals surface area contributed by atoms with E-state index in [1.807, 2.05) is 60.7 Å². The zero-order chi connectivity index (χ0) is 16.0. The van der Waals surface area contributed by atoms with E-state index < -0.39 is 17.1 Å². The fourth-order valence-electron chi connectivity index (χ4n) is 2.70. The summed E-state index contributed by atoms with van der Waals surface area (Å²) in [6.45, 7) is 2.06. The van der Waals surface area contributed by atoms with Gasteiger partial charge in [-0.2, -0.15) is 0 Å². The normalized spacial score (nSPS) is 16.7. The van der Waals surface area contributed by atoms with Gasteiger partial charge in [0.1, 0.15) is 11.7 Å². The topological polar surface area (TPSA) is 40.5 Å². The van der Waals surface area contributed by atoms with Crippen LogP contribution in [0.5, 0.6) is 0 Å². The Kier molecular flexibility index (Phi) is 6.01. The maximum atomic E-state index is 11.2. The van der Waals surface area contributed by atoms with Crippen molar-refractivity contribution in [1.82, 2.24) is 0 Å². The summed E-state index contributed by atoms with van der Waals surface area (Å²) in [4.78, 5) is 0. The molecule has 0 amide bonds. The Morgan fingerprint density at radius 3 is 2.09 bits per heavy atom. The van der Waals surface area contributed by atoms with Crippen molar-refractivity contribution in [3.05, 3.63) is 71.8 Å². The van der Waals surface area contributed by atoms with Gasteiger partial charge >= 0.3 is 0 Å². The Morgan fingerprint density at radius 1 is 1.00 bits per heavy atom. The molecule has 0 aliphatic rings. The van der Waals surface area contributed by atoms with Gasteiger partial charge in [-0.1, -0.05) is 80.4 Å². The Balaban J connectivity index is 2.32. The van der Waals surface area contributed by atoms with Crippen molar-refractivity contribution >= 4 is 11.6 Å². The van der Waals surface area contributed by atoms with Crippen LogP contribution in [0.1, 0.15) is 42.7 Å². The van der Waals surface area contributed by atoms with Crippen molar-refractivity contribution in [3.63, 3.8) is 0 Å². The lowest BCUT2D eigenvalue weighted by molar-refractivity contribution is -0.0891. The highest BCUT2D eigenvalue weighted by Gasteiger charge is 2.41. The summed E-state index contributed by atoms with van der Waals surface area (Å²) in [7, 11) is 0. The van der Waals surface area contributed by atoms with Crippen LogP contribution in [0.3, 0.4) is 0 Å². The lowest BCUT2D eigenvalue weighted by atomic mass is 9.81. The largest absolute Gasteiger partial charge is 0.388 e. The Hall–Kier alpha value is -1.35. The minimum atomic E-state index is -1.35. The van der Waals surface area contributed by atoms with Gasteiger partial charge < -0.3 is 10.2 Å². The smallest absolute Gasteiger partial charge is 0.117 e. The van der Waals surface area contributed by atoms with Crippen LogP contribution in [-0.4, -0.2) is 16.3 Å². The standard InChI is InChI=1S/C19H23ClO2/c1-2-3-14-19(22,16-12-8-5-9-13-16)18(21)17(20)15-10-6-4-7-11-15/h4-13,17-18,21-22H,2-3,14H2,1H3/t17-,18+,19-/m0/s1. The molecular formula is C19H23ClO2. The quantitative estimate of drug-likeness (QED) is 0.743. The number of unbranched alkanes of at least 4 members (excludes halogenated alkanes) is 1. The van der Waals surface area contributed by atoms with Crippen LogP contribution in [0, 0.1) is 0 Å². The first-order valence-electron chi connectivity index (χ1n) is 7.74. The van der Waals surface area contributed by atoms with Gasteiger partial charge in [0.15, 0.2) is 0 Å². The van der Waals surface area contributed by atoms with E-state index in [4.69, 9.17) is 11.6 Å². The molecule has 0 aromatic heterocycles. The summed E-state index contributed by atoms with van der Waals surface area (Å²) >= 11 is 6.46. The lowest BCUT2D eigenvalue weighted by Crippen LogP contribution is -2.42. The molecule has 118 valence electrons. The lowest BCUT2D eigenvalue weighted by Gasteiger charge is -2.36. The first-order chi connectivity index (χ1) is 10.6. The summed E-state index contributed by atoms with van der Waals surface area (Å²) in [5.41, 5.74) is 0.166. The van der Waals surface area contributed by atoms with Gasteiger partial charge in [-0.05, 0) is 17.5 Å². The Morgan fingerprint density at radius 2 is 1.55 bits per heavy atom. The molecule has 0 saturated carbocycles. The van der Waals surface area contributed by atoms with E-state index in [2.05, 4.69) is 6.92 Å². The summed E-state index contributed by atoms with van der Waals surface area (Å²) in [6, 6.07) is 18.7. The zero-order valence-electron chi connectivity index (χ0n) is 12.8. The van der Waals surface area contributed by atoms with Crippen LogP contribution in [0.25, 0.3) is 0 Å². The highest BCUT2D eigenvalue weighted by molar-refractivity contribution is 6.21. The van der Waals surface area contributed by atoms with Crippen LogP contribution in [0.2, 0.25) is 0 Å². The van der Waals surface area contributed by atoms with E-state index in [-0.39, 0.29) is 0 Å². The molecular weight excluding hydrogens is 296 g/mol. The average molecular weight is 319 g/mol. The van der Waals surface area contributed by atoms with Crippen molar-refractivity contribution in [2.24, 2.45) is 0 Å². The van der Waals surface area contributed by atoms with Crippen molar-refractivity contribution < 1.29 is 10.2 Å². The molecule has 2 aromatic carbocycles. The van der Waals surface area contributed by atoms with E-state index in [1.165, 1.54) is 0 Å². The van der Waals surface area contributed by atoms with Crippen molar-refractivity contribution in [2.45, 2.75) is 43.3 Å². The van der Waals surface area contributed by atoms with Gasteiger partial charge in [-0.15, -0.1) is 11.6 Å². The molecule has 0 saturated heterocycles. The van der Waals surface area contributed by atoms with Crippen LogP contribution < -0.4 is 0 Å². The van der Waals surface area contributed by atoms with Gasteiger partial charge in [0.25, 0.3) is 0 Å². The second-order valence-electron chi connectivity index (χ2n) is 5.65. The molecule has 0 aliphatic carbocycles. The molecule has 0 fully saturated rings. The maximum absolute atomic E-state index is 11.2. The molecule has 3 heteroatoms. The third kappa shape index (κ3) is 3.70. The van der Waals surface area contributed by atoms with Crippen molar-refractivity contribution in [2.75, 3.05) is 0 Å². The number of alkyl halides is 1. The number of hydrogen-bond acceptors (Lipinski definition) is 2. The summed E-state index contributed by atoms with van der Waals surface area (Å²) in [5.74, 6) is 0. The number of rotatable bonds is 7. The van der Waals surface area contributed by atoms with Gasteiger partial charge in [-0.3, -0.25) is 0 Å². The minimum absolute atomic E-state index is 0.477. The van der Waals surface area contributed by atoms with Crippen LogP contribution in [0.15, 0.2) is 60.7 Å². The van der Waals surface area contributed by atoms with Crippen LogP contribution >= 0.6 is 11.6 Å². The maximum Gasteiger partial charge on any atom is 0.117 e. The summed E-state index contributed by atoms with van der Waals surface area (Å²) < 4.78 is 0. The number of halogens is 1. The molecule has 2 nitrogen and oxygen atoms in total. The number of aliphatic hydroxyl groups excluding tert-OH is 1. The molecule has 0 bridgehead atoms. The highest BCUT2D eigenvalue weighted by Crippen LogP contribution is 2.39. The fourth-order valence-corrected chi connectivity index (χ4v) is 3.05. The van der Waals surface area contributed by atoms with Gasteiger partial charge in [0.2, 0.25) is 0 Å². The van der Waals surface area contributed by atoms with Crippen molar-refractivity contribution in [3.8, 4) is 0 Å². The van der Waals surface area contributed by atoms with Crippen LogP contribution in [0.4, 0.5) is 0 Å². The van der Waals surface area contributed by atoms with Crippen molar-refractivity contribution in [1.29, 1.82) is 0 Å². The Labute approximate surface area is 137 Å². The molecule has 2 aromatic rings. The SMILES string of the molecule is CCCC[C@](O)(c1ccccc1)[C@H](O)[C@@H](Cl)c1ccccc1. The predicted molar refractivity (Wildman–Crippen MR) is 90.9 cm³/mol. The number of benzene rings is 2. The van der Waals surface area contributed by atoms with E-state index in [0.29, 0.717) is 12.0 Å². The monoisotopic (exact) mass is 318 g/mol. The molecule has 0 heterocycles. The fraction of sp³-hybridized carbons (Fsp3) is 0.368. The number of aliphatic hydroxyl groups is 2. The van der Waals surface area contributed by atoms with Gasteiger partial charge in [-0.25, -0.2) is 0 Å². The summed E-state index contributed by atoms with van der Waals surface area (Å²) in [6.07, 6.45) is 1.16. The molecule has 3 atom stereocenters. The third-order valence-corrected chi connectivity index (χ3v) is 4.56. The van der Waals surface area contributed by atoms with E-state index in [1.54, 1.807) is 0 Å². The molecule has 2 rings (SSSR count). The Bertz CT molecular complexity index is 558. The third-order valence-electron chi connectivity index (χ3n) is 4.07. The van der Waals surface area contributed by atoms with E-state index in [9.17, 15) is 10.2 Å². The highest BCUT2D eigenvalue weighted by atomic mass is 35.5. The van der Waals surface area contributed by atoms with E-state index in [0.717, 1.165) is 18.4 Å². The van der Waals surface area contributed by atoms with Crippen LogP contribution in [-0.2, 0) is 5.60 Å². The number of hydrogen-bond donors (Lipinski definition) is 2. The van der Waals surface area contributed by atoms with Gasteiger partial charge in [0.05, 0.1) is 5.38 Å². The van der Waals surface area contributed by atoms with Gasteiger partial charge in [0, 0.05) is 0 Å². The molecule has 0 spiro atoms. The first kappa shape index (κ1) is 17.0. The second kappa shape index (κ2) is 7.77. The van der Waals surface area contributed by atoms with E-state index >= 15 is 0 Å². The second-order valence-corrected chi connectivity index (χ2v) is 6.12. The average Bonchev–Trinajstić information content (AvgIpc) is 2.60. The molecule has 0 aliphatic heterocycles. The molecule has 0 unspecified atom stereocenters. The predicted octanol–water partition coefficient (Wildman–Crippen LogP) is 4.41. The molecule has 2 N–H and O–H groups in total. The molecule has 0 radical (unpaired) electrons. The minimum Gasteiger partial charge on any atom is -0.388 e. The zero-order valence-corrected chi connectivity index (χ0v) is 13.6. The first-order valence-corrected chi connectivity index (χ1v) is 8.18.